The first-order chi connectivity index (χ1) is 9.99. The molecule has 2 fully saturated rings. The molecule has 4 atom stereocenters. The van der Waals surface area contributed by atoms with Crippen LogP contribution in [0.25, 0.3) is 0 Å². The molecule has 0 aromatic heterocycles. The molecule has 0 heterocycles. The Kier molecular flexibility index (Phi) is 5.17. The Morgan fingerprint density at radius 1 is 1.10 bits per heavy atom. The Hall–Kier alpha value is -1.63. The highest BCUT2D eigenvalue weighted by molar-refractivity contribution is 5.78. The van der Waals surface area contributed by atoms with Crippen LogP contribution in [0.15, 0.2) is 0 Å². The third-order valence-electron chi connectivity index (χ3n) is 4.52. The summed E-state index contributed by atoms with van der Waals surface area (Å²) in [4.78, 5) is 33.7. The van der Waals surface area contributed by atoms with Gasteiger partial charge in [-0.05, 0) is 31.1 Å². The minimum atomic E-state index is -0.759. The van der Waals surface area contributed by atoms with Crippen molar-refractivity contribution >= 4 is 17.8 Å². The molecule has 0 aliphatic heterocycles. The van der Waals surface area contributed by atoms with Crippen molar-refractivity contribution in [1.82, 2.24) is 16.0 Å². The van der Waals surface area contributed by atoms with Gasteiger partial charge in [0.1, 0.15) is 0 Å². The number of hydrogen-bond acceptors (Lipinski definition) is 4. The molecule has 2 aliphatic rings. The molecule has 2 aliphatic carbocycles. The lowest BCUT2D eigenvalue weighted by Gasteiger charge is -2.28. The second-order valence-electron chi connectivity index (χ2n) is 5.94. The number of hydrogen-bond donors (Lipinski definition) is 4. The summed E-state index contributed by atoms with van der Waals surface area (Å²) in [7, 11) is 0. The van der Waals surface area contributed by atoms with E-state index in [0.717, 1.165) is 19.3 Å². The van der Waals surface area contributed by atoms with Gasteiger partial charge in [-0.3, -0.25) is 14.4 Å². The third-order valence-corrected chi connectivity index (χ3v) is 4.52. The van der Waals surface area contributed by atoms with Crippen molar-refractivity contribution < 1.29 is 19.5 Å². The van der Waals surface area contributed by atoms with E-state index in [4.69, 9.17) is 0 Å². The highest BCUT2D eigenvalue weighted by Crippen LogP contribution is 2.48. The fourth-order valence-electron chi connectivity index (χ4n) is 3.65. The fraction of sp³-hybridized carbons (Fsp3) is 0.786. The van der Waals surface area contributed by atoms with Gasteiger partial charge in [0.15, 0.2) is 0 Å². The Morgan fingerprint density at radius 2 is 1.76 bits per heavy atom. The zero-order valence-corrected chi connectivity index (χ0v) is 12.2. The summed E-state index contributed by atoms with van der Waals surface area (Å²) in [5.74, 6) is -0.793. The molecule has 4 unspecified atom stereocenters. The van der Waals surface area contributed by atoms with Crippen LogP contribution >= 0.6 is 0 Å². The van der Waals surface area contributed by atoms with Crippen molar-refractivity contribution in [3.05, 3.63) is 0 Å². The molecule has 7 nitrogen and oxygen atoms in total. The molecule has 2 saturated carbocycles. The van der Waals surface area contributed by atoms with E-state index in [1.54, 1.807) is 0 Å². The van der Waals surface area contributed by atoms with E-state index in [-0.39, 0.29) is 36.2 Å². The van der Waals surface area contributed by atoms with Crippen LogP contribution in [0, 0.1) is 17.8 Å². The SMILES string of the molecule is CC(=O)NCCNC(=O)CNC1C2CCC(C2)C1C(=O)O. The molecule has 118 valence electrons. The van der Waals surface area contributed by atoms with Gasteiger partial charge in [-0.25, -0.2) is 0 Å². The van der Waals surface area contributed by atoms with Crippen molar-refractivity contribution in [2.45, 2.75) is 32.2 Å². The van der Waals surface area contributed by atoms with E-state index in [1.165, 1.54) is 6.92 Å². The second-order valence-corrected chi connectivity index (χ2v) is 5.94. The molecular weight excluding hydrogens is 274 g/mol. The van der Waals surface area contributed by atoms with Gasteiger partial charge < -0.3 is 21.1 Å². The topological polar surface area (TPSA) is 108 Å². The molecule has 0 saturated heterocycles. The highest BCUT2D eigenvalue weighted by Gasteiger charge is 2.50. The van der Waals surface area contributed by atoms with E-state index in [1.807, 2.05) is 0 Å². The van der Waals surface area contributed by atoms with Gasteiger partial charge in [0.05, 0.1) is 12.5 Å². The molecule has 2 amide bonds. The lowest BCUT2D eigenvalue weighted by molar-refractivity contribution is -0.144. The summed E-state index contributed by atoms with van der Waals surface area (Å²) < 4.78 is 0. The summed E-state index contributed by atoms with van der Waals surface area (Å²) in [5, 5.41) is 17.7. The molecule has 2 rings (SSSR count). The standard InChI is InChI=1S/C14H23N3O4/c1-8(18)15-4-5-16-11(19)7-17-13-10-3-2-9(6-10)12(13)14(20)21/h9-10,12-13,17H,2-7H2,1H3,(H,15,18)(H,16,19)(H,20,21). The average Bonchev–Trinajstić information content (AvgIpc) is 3.01. The van der Waals surface area contributed by atoms with E-state index in [9.17, 15) is 19.5 Å². The lowest BCUT2D eigenvalue weighted by Crippen LogP contribution is -2.48. The molecular formula is C14H23N3O4. The number of amides is 2. The van der Waals surface area contributed by atoms with Gasteiger partial charge in [-0.15, -0.1) is 0 Å². The largest absolute Gasteiger partial charge is 0.481 e. The Balaban J connectivity index is 1.71. The fourth-order valence-corrected chi connectivity index (χ4v) is 3.65. The van der Waals surface area contributed by atoms with Crippen LogP contribution in [-0.4, -0.2) is 48.6 Å². The van der Waals surface area contributed by atoms with Crippen molar-refractivity contribution in [1.29, 1.82) is 0 Å². The number of fused-ring (bicyclic) bond motifs is 2. The Labute approximate surface area is 123 Å². The molecule has 21 heavy (non-hydrogen) atoms. The summed E-state index contributed by atoms with van der Waals surface area (Å²) in [6.07, 6.45) is 3.00. The zero-order chi connectivity index (χ0) is 15.4. The van der Waals surface area contributed by atoms with Crippen molar-refractivity contribution in [3.63, 3.8) is 0 Å². The molecule has 0 aromatic rings. The van der Waals surface area contributed by atoms with Gasteiger partial charge >= 0.3 is 5.97 Å². The molecule has 7 heteroatoms. The number of carboxylic acids is 1. The highest BCUT2D eigenvalue weighted by atomic mass is 16.4. The Morgan fingerprint density at radius 3 is 2.43 bits per heavy atom. The van der Waals surface area contributed by atoms with Crippen LogP contribution in [0.2, 0.25) is 0 Å². The van der Waals surface area contributed by atoms with E-state index in [2.05, 4.69) is 16.0 Å². The first kappa shape index (κ1) is 15.8. The maximum absolute atomic E-state index is 11.7. The second kappa shape index (κ2) is 6.89. The van der Waals surface area contributed by atoms with Crippen LogP contribution in [-0.2, 0) is 14.4 Å². The number of carbonyl (C=O) groups excluding carboxylic acids is 2. The molecule has 0 aromatic carbocycles. The third kappa shape index (κ3) is 3.93. The molecule has 4 N–H and O–H groups in total. The van der Waals surface area contributed by atoms with E-state index < -0.39 is 5.97 Å². The van der Waals surface area contributed by atoms with Crippen molar-refractivity contribution in [2.75, 3.05) is 19.6 Å². The maximum Gasteiger partial charge on any atom is 0.308 e. The van der Waals surface area contributed by atoms with E-state index >= 15 is 0 Å². The smallest absolute Gasteiger partial charge is 0.308 e. The van der Waals surface area contributed by atoms with E-state index in [0.29, 0.717) is 19.0 Å². The maximum atomic E-state index is 11.7. The van der Waals surface area contributed by atoms with Crippen molar-refractivity contribution in [3.8, 4) is 0 Å². The van der Waals surface area contributed by atoms with Gasteiger partial charge in [0.2, 0.25) is 11.8 Å². The van der Waals surface area contributed by atoms with Crippen LogP contribution in [0.3, 0.4) is 0 Å². The minimum absolute atomic E-state index is 0.0951. The van der Waals surface area contributed by atoms with Crippen LogP contribution in [0.4, 0.5) is 0 Å². The van der Waals surface area contributed by atoms with Crippen LogP contribution in [0.5, 0.6) is 0 Å². The quantitative estimate of drug-likeness (QED) is 0.466. The number of carboxylic acid groups (broad SMARTS) is 1. The summed E-state index contributed by atoms with van der Waals surface area (Å²) >= 11 is 0. The van der Waals surface area contributed by atoms with Gasteiger partial charge in [0.25, 0.3) is 0 Å². The number of rotatable bonds is 7. The molecule has 0 spiro atoms. The normalized spacial score (nSPS) is 30.1. The first-order valence-electron chi connectivity index (χ1n) is 7.46. The number of carbonyl (C=O) groups is 3. The average molecular weight is 297 g/mol. The lowest BCUT2D eigenvalue weighted by atomic mass is 9.84. The van der Waals surface area contributed by atoms with Gasteiger partial charge in [-0.2, -0.15) is 0 Å². The summed E-state index contributed by atoms with van der Waals surface area (Å²) in [5.41, 5.74) is 0. The molecule has 2 bridgehead atoms. The summed E-state index contributed by atoms with van der Waals surface area (Å²) in [6.45, 7) is 2.31. The molecule has 0 radical (unpaired) electrons. The van der Waals surface area contributed by atoms with Gasteiger partial charge in [0, 0.05) is 26.1 Å². The monoisotopic (exact) mass is 297 g/mol. The number of nitrogens with one attached hydrogen (secondary N) is 3. The Bertz CT molecular complexity index is 426. The number of aliphatic carboxylic acids is 1. The minimum Gasteiger partial charge on any atom is -0.481 e. The summed E-state index contributed by atoms with van der Waals surface area (Å²) in [6, 6.07) is -0.0951. The van der Waals surface area contributed by atoms with Gasteiger partial charge in [-0.1, -0.05) is 0 Å². The predicted octanol–water partition coefficient (Wildman–Crippen LogP) is -0.672. The van der Waals surface area contributed by atoms with Crippen LogP contribution < -0.4 is 16.0 Å². The van der Waals surface area contributed by atoms with Crippen molar-refractivity contribution in [2.24, 2.45) is 17.8 Å². The first-order valence-corrected chi connectivity index (χ1v) is 7.46. The van der Waals surface area contributed by atoms with Crippen LogP contribution in [0.1, 0.15) is 26.2 Å². The predicted molar refractivity (Wildman–Crippen MR) is 75.4 cm³/mol. The zero-order valence-electron chi connectivity index (χ0n) is 12.2.